The van der Waals surface area contributed by atoms with E-state index in [0.29, 0.717) is 18.9 Å². The van der Waals surface area contributed by atoms with Crippen molar-refractivity contribution in [3.05, 3.63) is 21.4 Å². The summed E-state index contributed by atoms with van der Waals surface area (Å²) >= 11 is 1.67. The van der Waals surface area contributed by atoms with E-state index in [1.807, 2.05) is 5.38 Å². The molecule has 0 radical (unpaired) electrons. The highest BCUT2D eigenvalue weighted by molar-refractivity contribution is 7.10. The van der Waals surface area contributed by atoms with Crippen molar-refractivity contribution in [3.63, 3.8) is 0 Å². The van der Waals surface area contributed by atoms with Gasteiger partial charge in [0.1, 0.15) is 6.04 Å². The lowest BCUT2D eigenvalue weighted by atomic mass is 9.72. The first-order valence-electron chi connectivity index (χ1n) is 8.42. The number of nitrogens with zero attached hydrogens (tertiary/aromatic N) is 1. The highest BCUT2D eigenvalue weighted by Gasteiger charge is 2.37. The summed E-state index contributed by atoms with van der Waals surface area (Å²) < 4.78 is 0. The molecular formula is C18H25NO3S. The van der Waals surface area contributed by atoms with E-state index in [-0.39, 0.29) is 11.3 Å². The number of carbonyl (C=O) groups is 2. The normalized spacial score (nSPS) is 24.6. The molecule has 3 rings (SSSR count). The number of aliphatic carboxylic acids is 1. The van der Waals surface area contributed by atoms with Gasteiger partial charge in [-0.1, -0.05) is 20.8 Å². The molecule has 2 unspecified atom stereocenters. The smallest absolute Gasteiger partial charge is 0.326 e. The predicted molar refractivity (Wildman–Crippen MR) is 91.0 cm³/mol. The van der Waals surface area contributed by atoms with Gasteiger partial charge in [-0.2, -0.15) is 0 Å². The van der Waals surface area contributed by atoms with Crippen LogP contribution in [-0.4, -0.2) is 34.5 Å². The summed E-state index contributed by atoms with van der Waals surface area (Å²) in [6, 6.07) is -0.649. The molecule has 0 aromatic carbocycles. The minimum absolute atomic E-state index is 0.0818. The van der Waals surface area contributed by atoms with Gasteiger partial charge in [-0.3, -0.25) is 4.79 Å². The van der Waals surface area contributed by atoms with E-state index in [2.05, 4.69) is 20.8 Å². The van der Waals surface area contributed by atoms with Gasteiger partial charge in [0.05, 0.1) is 5.56 Å². The van der Waals surface area contributed by atoms with Crippen LogP contribution >= 0.6 is 11.3 Å². The summed E-state index contributed by atoms with van der Waals surface area (Å²) in [7, 11) is 0. The van der Waals surface area contributed by atoms with Gasteiger partial charge in [0, 0.05) is 16.8 Å². The van der Waals surface area contributed by atoms with E-state index in [9.17, 15) is 14.7 Å². The van der Waals surface area contributed by atoms with Crippen LogP contribution in [-0.2, 0) is 17.6 Å². The molecule has 1 aromatic heterocycles. The van der Waals surface area contributed by atoms with E-state index in [0.717, 1.165) is 31.2 Å². The molecule has 1 amide bonds. The van der Waals surface area contributed by atoms with E-state index in [1.165, 1.54) is 10.4 Å². The Morgan fingerprint density at radius 1 is 1.30 bits per heavy atom. The number of thiophene rings is 1. The number of amides is 1. The molecule has 0 saturated carbocycles. The minimum Gasteiger partial charge on any atom is -0.480 e. The molecule has 1 aliphatic carbocycles. The summed E-state index contributed by atoms with van der Waals surface area (Å²) in [5.74, 6) is -0.315. The third kappa shape index (κ3) is 3.03. The molecule has 1 aromatic rings. The average Bonchev–Trinajstić information content (AvgIpc) is 3.12. The molecule has 2 atom stereocenters. The molecule has 126 valence electrons. The number of hydrogen-bond acceptors (Lipinski definition) is 3. The standard InChI is InChI=1S/C18H25NO3S/c1-18(2,3)11-6-7-12-13(10-23-15(12)9-11)16(20)19-8-4-5-14(19)17(21)22/h10-11,14H,4-9H2,1-3H3,(H,21,22). The lowest BCUT2D eigenvalue weighted by molar-refractivity contribution is -0.141. The molecule has 0 bridgehead atoms. The van der Waals surface area contributed by atoms with E-state index in [4.69, 9.17) is 0 Å². The number of fused-ring (bicyclic) bond motifs is 1. The van der Waals surface area contributed by atoms with Crippen LogP contribution in [0.1, 0.15) is 60.8 Å². The van der Waals surface area contributed by atoms with Gasteiger partial charge < -0.3 is 10.0 Å². The molecule has 5 heteroatoms. The molecule has 1 saturated heterocycles. The van der Waals surface area contributed by atoms with Gasteiger partial charge in [-0.25, -0.2) is 4.79 Å². The van der Waals surface area contributed by atoms with Crippen LogP contribution < -0.4 is 0 Å². The first kappa shape index (κ1) is 16.5. The van der Waals surface area contributed by atoms with Crippen molar-refractivity contribution in [2.45, 2.75) is 58.9 Å². The maximum Gasteiger partial charge on any atom is 0.326 e. The molecular weight excluding hydrogens is 310 g/mol. The number of carboxylic acid groups (broad SMARTS) is 1. The zero-order chi connectivity index (χ0) is 16.8. The van der Waals surface area contributed by atoms with Gasteiger partial charge in [-0.05, 0) is 49.0 Å². The van der Waals surface area contributed by atoms with Crippen molar-refractivity contribution in [1.82, 2.24) is 4.90 Å². The highest BCUT2D eigenvalue weighted by atomic mass is 32.1. The Kier molecular flexibility index (Phi) is 4.25. The highest BCUT2D eigenvalue weighted by Crippen LogP contribution is 2.41. The van der Waals surface area contributed by atoms with Gasteiger partial charge in [0.2, 0.25) is 0 Å². The van der Waals surface area contributed by atoms with E-state index < -0.39 is 12.0 Å². The second-order valence-electron chi connectivity index (χ2n) is 7.85. The Balaban J connectivity index is 1.82. The summed E-state index contributed by atoms with van der Waals surface area (Å²) in [4.78, 5) is 27.1. The molecule has 1 fully saturated rings. The molecule has 4 nitrogen and oxygen atoms in total. The lowest BCUT2D eigenvalue weighted by Gasteiger charge is -2.34. The predicted octanol–water partition coefficient (Wildman–Crippen LogP) is 3.59. The maximum atomic E-state index is 12.8. The SMILES string of the molecule is CC(C)(C)C1CCc2c(C(=O)N3CCCC3C(=O)O)csc2C1. The van der Waals surface area contributed by atoms with Crippen LogP contribution in [0.15, 0.2) is 5.38 Å². The van der Waals surface area contributed by atoms with Crippen molar-refractivity contribution in [2.24, 2.45) is 11.3 Å². The van der Waals surface area contributed by atoms with Crippen molar-refractivity contribution in [3.8, 4) is 0 Å². The largest absolute Gasteiger partial charge is 0.480 e. The van der Waals surface area contributed by atoms with E-state index >= 15 is 0 Å². The number of carboxylic acids is 1. The summed E-state index contributed by atoms with van der Waals surface area (Å²) in [6.07, 6.45) is 4.43. The molecule has 2 heterocycles. The fourth-order valence-electron chi connectivity index (χ4n) is 3.85. The van der Waals surface area contributed by atoms with E-state index in [1.54, 1.807) is 16.2 Å². The summed E-state index contributed by atoms with van der Waals surface area (Å²) in [5, 5.41) is 11.3. The minimum atomic E-state index is -0.882. The molecule has 23 heavy (non-hydrogen) atoms. The maximum absolute atomic E-state index is 12.8. The van der Waals surface area contributed by atoms with Crippen molar-refractivity contribution in [2.75, 3.05) is 6.54 Å². The van der Waals surface area contributed by atoms with Crippen LogP contribution in [0.2, 0.25) is 0 Å². The topological polar surface area (TPSA) is 57.6 Å². The van der Waals surface area contributed by atoms with Crippen LogP contribution in [0, 0.1) is 11.3 Å². The Morgan fingerprint density at radius 2 is 2.04 bits per heavy atom. The van der Waals surface area contributed by atoms with Gasteiger partial charge >= 0.3 is 5.97 Å². The lowest BCUT2D eigenvalue weighted by Crippen LogP contribution is -2.40. The second-order valence-corrected chi connectivity index (χ2v) is 8.82. The fourth-order valence-corrected chi connectivity index (χ4v) is 5.01. The Labute approximate surface area is 141 Å². The van der Waals surface area contributed by atoms with Crippen LogP contribution in [0.3, 0.4) is 0 Å². The van der Waals surface area contributed by atoms with Crippen LogP contribution in [0.4, 0.5) is 0 Å². The van der Waals surface area contributed by atoms with Gasteiger partial charge in [-0.15, -0.1) is 11.3 Å². The Morgan fingerprint density at radius 3 is 2.70 bits per heavy atom. The second kappa shape index (κ2) is 5.93. The third-order valence-electron chi connectivity index (χ3n) is 5.41. The van der Waals surface area contributed by atoms with Crippen LogP contribution in [0.5, 0.6) is 0 Å². The number of rotatable bonds is 2. The number of likely N-dealkylation sites (tertiary alicyclic amines) is 1. The fraction of sp³-hybridized carbons (Fsp3) is 0.667. The zero-order valence-corrected chi connectivity index (χ0v) is 14.9. The Hall–Kier alpha value is -1.36. The molecule has 0 spiro atoms. The average molecular weight is 335 g/mol. The van der Waals surface area contributed by atoms with Crippen molar-refractivity contribution >= 4 is 23.2 Å². The first-order valence-corrected chi connectivity index (χ1v) is 9.30. The third-order valence-corrected chi connectivity index (χ3v) is 6.46. The summed E-state index contributed by atoms with van der Waals surface area (Å²) in [6.45, 7) is 7.41. The first-order chi connectivity index (χ1) is 10.8. The van der Waals surface area contributed by atoms with Crippen LogP contribution in [0.25, 0.3) is 0 Å². The van der Waals surface area contributed by atoms with Crippen molar-refractivity contribution < 1.29 is 14.7 Å². The Bertz CT molecular complexity index is 629. The number of hydrogen-bond donors (Lipinski definition) is 1. The zero-order valence-electron chi connectivity index (χ0n) is 14.1. The molecule has 1 aliphatic heterocycles. The quantitative estimate of drug-likeness (QED) is 0.898. The number of carbonyl (C=O) groups excluding carboxylic acids is 1. The molecule has 2 aliphatic rings. The molecule has 1 N–H and O–H groups in total. The van der Waals surface area contributed by atoms with Gasteiger partial charge in [0.25, 0.3) is 5.91 Å². The monoisotopic (exact) mass is 335 g/mol. The van der Waals surface area contributed by atoms with Gasteiger partial charge in [0.15, 0.2) is 0 Å². The summed E-state index contributed by atoms with van der Waals surface area (Å²) in [5.41, 5.74) is 2.22. The van der Waals surface area contributed by atoms with Crippen molar-refractivity contribution in [1.29, 1.82) is 0 Å².